The van der Waals surface area contributed by atoms with Gasteiger partial charge in [-0.05, 0) is 12.1 Å². The van der Waals surface area contributed by atoms with Crippen LogP contribution in [-0.4, -0.2) is 18.1 Å². The third-order valence-electron chi connectivity index (χ3n) is 1.38. The maximum absolute atomic E-state index is 10.7. The van der Waals surface area contributed by atoms with Crippen molar-refractivity contribution in [2.24, 2.45) is 0 Å². The van der Waals surface area contributed by atoms with Crippen LogP contribution in [-0.2, 0) is 10.1 Å². The summed E-state index contributed by atoms with van der Waals surface area (Å²) in [5.41, 5.74) is -0.244. The second kappa shape index (κ2) is 3.41. The Morgan fingerprint density at radius 3 is 2.38 bits per heavy atom. The molecule has 3 N–H and O–H groups in total. The molecule has 0 amide bonds. The Balaban J connectivity index is 3.47. The largest absolute Gasteiger partial charge is 0.506 e. The summed E-state index contributed by atoms with van der Waals surface area (Å²) in [6.07, 6.45) is 0. The van der Waals surface area contributed by atoms with Gasteiger partial charge in [-0.3, -0.25) is 9.39 Å². The average molecular weight is 224 g/mol. The summed E-state index contributed by atoms with van der Waals surface area (Å²) in [5.74, 6) is -0.356. The summed E-state index contributed by atoms with van der Waals surface area (Å²) in [6.45, 7) is 0. The molecule has 0 aliphatic rings. The molecule has 1 aromatic rings. The van der Waals surface area contributed by atoms with E-state index in [-0.39, 0.29) is 11.4 Å². The van der Waals surface area contributed by atoms with Crippen LogP contribution >= 0.6 is 11.8 Å². The van der Waals surface area contributed by atoms with Crippen LogP contribution in [0.3, 0.4) is 0 Å². The highest BCUT2D eigenvalue weighted by atomic mass is 35.5. The Morgan fingerprint density at radius 2 is 2.00 bits per heavy atom. The molecular formula is C6H6ClNO4S. The first-order valence-corrected chi connectivity index (χ1v) is 4.94. The van der Waals surface area contributed by atoms with E-state index in [4.69, 9.17) is 21.4 Å². The van der Waals surface area contributed by atoms with Crippen molar-refractivity contribution >= 4 is 27.6 Å². The van der Waals surface area contributed by atoms with E-state index in [9.17, 15) is 8.42 Å². The topological polar surface area (TPSA) is 86.6 Å². The average Bonchev–Trinajstić information content (AvgIpc) is 2.02. The number of aromatic hydroxyl groups is 1. The van der Waals surface area contributed by atoms with Crippen molar-refractivity contribution in [3.63, 3.8) is 0 Å². The van der Waals surface area contributed by atoms with Gasteiger partial charge in [0.15, 0.2) is 0 Å². The molecule has 0 heterocycles. The first-order valence-electron chi connectivity index (χ1n) is 3.13. The van der Waals surface area contributed by atoms with Gasteiger partial charge in [0.25, 0.3) is 10.1 Å². The second-order valence-electron chi connectivity index (χ2n) is 2.22. The zero-order chi connectivity index (χ0) is 10.1. The molecule has 0 unspecified atom stereocenters. The van der Waals surface area contributed by atoms with Crippen LogP contribution in [0.15, 0.2) is 23.1 Å². The number of phenols is 1. The van der Waals surface area contributed by atoms with E-state index in [1.165, 1.54) is 12.1 Å². The van der Waals surface area contributed by atoms with Gasteiger partial charge in [0, 0.05) is 11.8 Å². The van der Waals surface area contributed by atoms with Gasteiger partial charge in [-0.15, -0.1) is 0 Å². The molecule has 0 fully saturated rings. The van der Waals surface area contributed by atoms with E-state index in [2.05, 4.69) is 0 Å². The van der Waals surface area contributed by atoms with Gasteiger partial charge >= 0.3 is 0 Å². The van der Waals surface area contributed by atoms with E-state index in [0.717, 1.165) is 6.07 Å². The van der Waals surface area contributed by atoms with E-state index in [0.29, 0.717) is 0 Å². The van der Waals surface area contributed by atoms with Crippen molar-refractivity contribution in [2.75, 3.05) is 4.84 Å². The lowest BCUT2D eigenvalue weighted by Gasteiger charge is -2.05. The predicted octanol–water partition coefficient (Wildman–Crippen LogP) is 1.20. The zero-order valence-corrected chi connectivity index (χ0v) is 7.80. The molecule has 0 radical (unpaired) electrons. The maximum Gasteiger partial charge on any atom is 0.296 e. The van der Waals surface area contributed by atoms with Gasteiger partial charge in [-0.25, -0.2) is 0 Å². The molecule has 72 valence electrons. The molecule has 0 spiro atoms. The summed E-state index contributed by atoms with van der Waals surface area (Å²) >= 11 is 5.16. The van der Waals surface area contributed by atoms with E-state index in [1.807, 2.05) is 4.84 Å². The molecule has 13 heavy (non-hydrogen) atoms. The smallest absolute Gasteiger partial charge is 0.296 e. The van der Waals surface area contributed by atoms with Crippen LogP contribution in [0.4, 0.5) is 5.69 Å². The normalized spacial score (nSPS) is 11.2. The highest BCUT2D eigenvalue weighted by Gasteiger charge is 2.17. The molecule has 0 atom stereocenters. The van der Waals surface area contributed by atoms with Crippen molar-refractivity contribution in [3.8, 4) is 5.75 Å². The number of anilines is 1. The van der Waals surface area contributed by atoms with Gasteiger partial charge in [0.2, 0.25) is 0 Å². The summed E-state index contributed by atoms with van der Waals surface area (Å²) in [4.78, 5) is 1.48. The summed E-state index contributed by atoms with van der Waals surface area (Å²) in [5, 5.41) is 9.13. The van der Waals surface area contributed by atoms with Crippen LogP contribution in [0.1, 0.15) is 0 Å². The lowest BCUT2D eigenvalue weighted by molar-refractivity contribution is 0.469. The molecule has 0 aliphatic carbocycles. The molecular weight excluding hydrogens is 218 g/mol. The Kier molecular flexibility index (Phi) is 2.65. The summed E-state index contributed by atoms with van der Waals surface area (Å²) in [7, 11) is -4.38. The fraction of sp³-hybridized carbons (Fsp3) is 0. The zero-order valence-electron chi connectivity index (χ0n) is 6.23. The first-order chi connectivity index (χ1) is 5.96. The Morgan fingerprint density at radius 1 is 1.38 bits per heavy atom. The van der Waals surface area contributed by atoms with Gasteiger partial charge in [-0.2, -0.15) is 8.42 Å². The minimum Gasteiger partial charge on any atom is -0.506 e. The fourth-order valence-corrected chi connectivity index (χ4v) is 1.75. The lowest BCUT2D eigenvalue weighted by Crippen LogP contribution is -2.01. The van der Waals surface area contributed by atoms with Gasteiger partial charge in [-0.1, -0.05) is 6.07 Å². The predicted molar refractivity (Wildman–Crippen MR) is 47.4 cm³/mol. The van der Waals surface area contributed by atoms with Crippen molar-refractivity contribution in [3.05, 3.63) is 18.2 Å². The van der Waals surface area contributed by atoms with Crippen LogP contribution in [0.25, 0.3) is 0 Å². The van der Waals surface area contributed by atoms with E-state index >= 15 is 0 Å². The molecule has 0 bridgehead atoms. The SMILES string of the molecule is O=S(=O)(O)c1cccc(O)c1NCl. The maximum atomic E-state index is 10.7. The Hall–Kier alpha value is -0.980. The first kappa shape index (κ1) is 10.1. The lowest BCUT2D eigenvalue weighted by atomic mass is 10.3. The highest BCUT2D eigenvalue weighted by Crippen LogP contribution is 2.30. The van der Waals surface area contributed by atoms with E-state index < -0.39 is 15.0 Å². The second-order valence-corrected chi connectivity index (χ2v) is 3.80. The van der Waals surface area contributed by atoms with Crippen molar-refractivity contribution in [2.45, 2.75) is 4.90 Å². The fourth-order valence-electron chi connectivity index (χ4n) is 0.829. The number of nitrogens with one attached hydrogen (secondary N) is 1. The van der Waals surface area contributed by atoms with Gasteiger partial charge < -0.3 is 5.11 Å². The van der Waals surface area contributed by atoms with Crippen molar-refractivity contribution in [1.82, 2.24) is 0 Å². The molecule has 0 saturated heterocycles. The summed E-state index contributed by atoms with van der Waals surface area (Å²) in [6, 6.07) is 3.62. The number of halogens is 1. The van der Waals surface area contributed by atoms with Gasteiger partial charge in [0.1, 0.15) is 16.3 Å². The number of para-hydroxylation sites is 1. The minimum absolute atomic E-state index is 0.244. The Labute approximate surface area is 79.8 Å². The molecule has 5 nitrogen and oxygen atoms in total. The standard InChI is InChI=1S/C6H6ClNO4S/c7-8-6-4(9)2-1-3-5(6)13(10,11)12/h1-3,8-9H,(H,10,11,12). The monoisotopic (exact) mass is 223 g/mol. The minimum atomic E-state index is -4.38. The third kappa shape index (κ3) is 2.03. The molecule has 0 saturated carbocycles. The molecule has 1 aromatic carbocycles. The third-order valence-corrected chi connectivity index (χ3v) is 2.46. The van der Waals surface area contributed by atoms with Crippen LogP contribution in [0.2, 0.25) is 0 Å². The van der Waals surface area contributed by atoms with Crippen LogP contribution in [0.5, 0.6) is 5.75 Å². The molecule has 7 heteroatoms. The van der Waals surface area contributed by atoms with Crippen molar-refractivity contribution < 1.29 is 18.1 Å². The number of phenolic OH excluding ortho intramolecular Hbond substituents is 1. The van der Waals surface area contributed by atoms with Crippen LogP contribution in [0, 0.1) is 0 Å². The summed E-state index contributed by atoms with van der Waals surface area (Å²) < 4.78 is 30.1. The van der Waals surface area contributed by atoms with Crippen molar-refractivity contribution in [1.29, 1.82) is 0 Å². The number of benzene rings is 1. The number of hydrogen-bond donors (Lipinski definition) is 3. The number of hydrogen-bond acceptors (Lipinski definition) is 4. The molecule has 1 rings (SSSR count). The van der Waals surface area contributed by atoms with Crippen LogP contribution < -0.4 is 4.84 Å². The number of rotatable bonds is 2. The quantitative estimate of drug-likeness (QED) is 0.399. The van der Waals surface area contributed by atoms with Gasteiger partial charge in [0.05, 0.1) is 0 Å². The molecule has 0 aliphatic heterocycles. The Bertz CT molecular complexity index is 417. The molecule has 0 aromatic heterocycles. The highest BCUT2D eigenvalue weighted by molar-refractivity contribution is 7.86. The van der Waals surface area contributed by atoms with E-state index in [1.54, 1.807) is 0 Å².